The summed E-state index contributed by atoms with van der Waals surface area (Å²) < 4.78 is 13.4. The standard InChI is InChI=1S/C16H12Cl2FNO/c1-10-2-5-12(9-15(10)19)20-16(21)7-4-11-3-6-13(17)14(18)8-11/h2-9H,1H3,(H,20,21)/b7-4+. The molecular weight excluding hydrogens is 312 g/mol. The second-order valence-electron chi connectivity index (χ2n) is 4.46. The van der Waals surface area contributed by atoms with Gasteiger partial charge in [0.25, 0.3) is 0 Å². The predicted molar refractivity (Wildman–Crippen MR) is 85.3 cm³/mol. The highest BCUT2D eigenvalue weighted by Crippen LogP contribution is 2.23. The first-order valence-corrected chi connectivity index (χ1v) is 6.91. The van der Waals surface area contributed by atoms with Crippen LogP contribution in [-0.4, -0.2) is 5.91 Å². The van der Waals surface area contributed by atoms with Gasteiger partial charge in [-0.25, -0.2) is 4.39 Å². The number of carbonyl (C=O) groups excluding carboxylic acids is 1. The maximum absolute atomic E-state index is 13.4. The SMILES string of the molecule is Cc1ccc(NC(=O)/C=C/c2ccc(Cl)c(Cl)c2)cc1F. The van der Waals surface area contributed by atoms with Crippen LogP contribution >= 0.6 is 23.2 Å². The fourth-order valence-corrected chi connectivity index (χ4v) is 1.95. The molecule has 1 N–H and O–H groups in total. The van der Waals surface area contributed by atoms with Crippen LogP contribution in [0.25, 0.3) is 6.08 Å². The third-order valence-electron chi connectivity index (χ3n) is 2.81. The van der Waals surface area contributed by atoms with E-state index in [1.165, 1.54) is 12.1 Å². The zero-order chi connectivity index (χ0) is 15.4. The maximum atomic E-state index is 13.4. The molecule has 0 atom stereocenters. The Balaban J connectivity index is 2.05. The molecule has 2 aromatic carbocycles. The largest absolute Gasteiger partial charge is 0.322 e. The van der Waals surface area contributed by atoms with E-state index < -0.39 is 0 Å². The summed E-state index contributed by atoms with van der Waals surface area (Å²) in [6.07, 6.45) is 2.94. The molecule has 0 radical (unpaired) electrons. The van der Waals surface area contributed by atoms with Gasteiger partial charge in [-0.05, 0) is 48.4 Å². The van der Waals surface area contributed by atoms with E-state index in [1.807, 2.05) is 0 Å². The van der Waals surface area contributed by atoms with Crippen molar-refractivity contribution in [3.63, 3.8) is 0 Å². The molecule has 0 saturated heterocycles. The van der Waals surface area contributed by atoms with Crippen LogP contribution in [0.1, 0.15) is 11.1 Å². The fraction of sp³-hybridized carbons (Fsp3) is 0.0625. The number of hydrogen-bond donors (Lipinski definition) is 1. The van der Waals surface area contributed by atoms with Gasteiger partial charge in [0.15, 0.2) is 0 Å². The molecule has 108 valence electrons. The Morgan fingerprint density at radius 1 is 1.14 bits per heavy atom. The smallest absolute Gasteiger partial charge is 0.248 e. The fourth-order valence-electron chi connectivity index (χ4n) is 1.64. The van der Waals surface area contributed by atoms with E-state index in [-0.39, 0.29) is 11.7 Å². The Kier molecular flexibility index (Phi) is 4.99. The number of aryl methyl sites for hydroxylation is 1. The molecule has 0 fully saturated rings. The summed E-state index contributed by atoms with van der Waals surface area (Å²) in [5, 5.41) is 3.45. The van der Waals surface area contributed by atoms with Crippen molar-refractivity contribution < 1.29 is 9.18 Å². The minimum absolute atomic E-state index is 0.357. The number of carbonyl (C=O) groups is 1. The van der Waals surface area contributed by atoms with E-state index in [1.54, 1.807) is 43.3 Å². The molecule has 0 aliphatic rings. The lowest BCUT2D eigenvalue weighted by atomic mass is 10.2. The second kappa shape index (κ2) is 6.74. The Morgan fingerprint density at radius 3 is 2.57 bits per heavy atom. The van der Waals surface area contributed by atoms with Gasteiger partial charge in [-0.15, -0.1) is 0 Å². The molecule has 0 heterocycles. The summed E-state index contributed by atoms with van der Waals surface area (Å²) in [6.45, 7) is 1.66. The molecule has 0 aromatic heterocycles. The highest BCUT2D eigenvalue weighted by atomic mass is 35.5. The number of benzene rings is 2. The Labute approximate surface area is 132 Å². The molecule has 0 unspecified atom stereocenters. The van der Waals surface area contributed by atoms with Gasteiger partial charge in [0, 0.05) is 11.8 Å². The van der Waals surface area contributed by atoms with Gasteiger partial charge in [0.1, 0.15) is 5.82 Å². The molecule has 0 spiro atoms. The third-order valence-corrected chi connectivity index (χ3v) is 3.55. The summed E-state index contributed by atoms with van der Waals surface area (Å²) in [5.74, 6) is -0.717. The normalized spacial score (nSPS) is 10.9. The monoisotopic (exact) mass is 323 g/mol. The van der Waals surface area contributed by atoms with Gasteiger partial charge in [-0.2, -0.15) is 0 Å². The maximum Gasteiger partial charge on any atom is 0.248 e. The van der Waals surface area contributed by atoms with Crippen molar-refractivity contribution in [2.45, 2.75) is 6.92 Å². The lowest BCUT2D eigenvalue weighted by Gasteiger charge is -2.03. The zero-order valence-electron chi connectivity index (χ0n) is 11.2. The van der Waals surface area contributed by atoms with Crippen LogP contribution in [0.15, 0.2) is 42.5 Å². The van der Waals surface area contributed by atoms with E-state index >= 15 is 0 Å². The van der Waals surface area contributed by atoms with Gasteiger partial charge >= 0.3 is 0 Å². The second-order valence-corrected chi connectivity index (χ2v) is 5.27. The summed E-state index contributed by atoms with van der Waals surface area (Å²) in [7, 11) is 0. The molecule has 0 aliphatic heterocycles. The number of nitrogens with one attached hydrogen (secondary N) is 1. The average Bonchev–Trinajstić information content (AvgIpc) is 2.44. The number of rotatable bonds is 3. The Bertz CT molecular complexity index is 713. The highest BCUT2D eigenvalue weighted by molar-refractivity contribution is 6.42. The lowest BCUT2D eigenvalue weighted by molar-refractivity contribution is -0.111. The van der Waals surface area contributed by atoms with E-state index in [2.05, 4.69) is 5.32 Å². The van der Waals surface area contributed by atoms with Crippen molar-refractivity contribution in [2.24, 2.45) is 0 Å². The van der Waals surface area contributed by atoms with Gasteiger partial charge in [-0.1, -0.05) is 35.3 Å². The van der Waals surface area contributed by atoms with Gasteiger partial charge in [0.05, 0.1) is 10.0 Å². The summed E-state index contributed by atoms with van der Waals surface area (Å²) in [5.41, 5.74) is 1.68. The van der Waals surface area contributed by atoms with Crippen LogP contribution in [-0.2, 0) is 4.79 Å². The van der Waals surface area contributed by atoms with Crippen molar-refractivity contribution in [1.29, 1.82) is 0 Å². The van der Waals surface area contributed by atoms with E-state index in [9.17, 15) is 9.18 Å². The Morgan fingerprint density at radius 2 is 1.90 bits per heavy atom. The molecule has 2 aromatic rings. The molecule has 5 heteroatoms. The molecule has 2 rings (SSSR count). The first-order valence-electron chi connectivity index (χ1n) is 6.16. The quantitative estimate of drug-likeness (QED) is 0.783. The minimum atomic E-state index is -0.360. The van der Waals surface area contributed by atoms with Gasteiger partial charge < -0.3 is 5.32 Å². The topological polar surface area (TPSA) is 29.1 Å². The zero-order valence-corrected chi connectivity index (χ0v) is 12.7. The molecule has 0 bridgehead atoms. The van der Waals surface area contributed by atoms with Crippen molar-refractivity contribution in [3.05, 3.63) is 69.5 Å². The number of halogens is 3. The van der Waals surface area contributed by atoms with E-state index in [4.69, 9.17) is 23.2 Å². The molecular formula is C16H12Cl2FNO. The van der Waals surface area contributed by atoms with Crippen molar-refractivity contribution in [1.82, 2.24) is 0 Å². The summed E-state index contributed by atoms with van der Waals surface area (Å²) >= 11 is 11.7. The molecule has 0 saturated carbocycles. The Hall–Kier alpha value is -1.84. The van der Waals surface area contributed by atoms with E-state index in [0.29, 0.717) is 21.3 Å². The van der Waals surface area contributed by atoms with Crippen LogP contribution in [0.4, 0.5) is 10.1 Å². The number of hydrogen-bond acceptors (Lipinski definition) is 1. The van der Waals surface area contributed by atoms with Crippen molar-refractivity contribution >= 4 is 40.9 Å². The molecule has 21 heavy (non-hydrogen) atoms. The van der Waals surface area contributed by atoms with Crippen molar-refractivity contribution in [3.8, 4) is 0 Å². The summed E-state index contributed by atoms with van der Waals surface area (Å²) in [6, 6.07) is 9.57. The van der Waals surface area contributed by atoms with Crippen LogP contribution in [0.2, 0.25) is 10.0 Å². The van der Waals surface area contributed by atoms with Crippen LogP contribution < -0.4 is 5.32 Å². The van der Waals surface area contributed by atoms with Crippen LogP contribution in [0.3, 0.4) is 0 Å². The molecule has 0 aliphatic carbocycles. The van der Waals surface area contributed by atoms with Crippen LogP contribution in [0, 0.1) is 12.7 Å². The highest BCUT2D eigenvalue weighted by Gasteiger charge is 2.02. The predicted octanol–water partition coefficient (Wildman–Crippen LogP) is 5.09. The van der Waals surface area contributed by atoms with Crippen LogP contribution in [0.5, 0.6) is 0 Å². The van der Waals surface area contributed by atoms with Gasteiger partial charge in [-0.3, -0.25) is 4.79 Å². The van der Waals surface area contributed by atoms with Gasteiger partial charge in [0.2, 0.25) is 5.91 Å². The number of amides is 1. The van der Waals surface area contributed by atoms with E-state index in [0.717, 1.165) is 5.56 Å². The first-order chi connectivity index (χ1) is 9.95. The summed E-state index contributed by atoms with van der Waals surface area (Å²) in [4.78, 5) is 11.8. The van der Waals surface area contributed by atoms with Crippen molar-refractivity contribution in [2.75, 3.05) is 5.32 Å². The first kappa shape index (κ1) is 15.5. The average molecular weight is 324 g/mol. The minimum Gasteiger partial charge on any atom is -0.322 e. The number of anilines is 1. The third kappa shape index (κ3) is 4.31. The lowest BCUT2D eigenvalue weighted by Crippen LogP contribution is -2.08. The molecule has 1 amide bonds. The molecule has 2 nitrogen and oxygen atoms in total.